The van der Waals surface area contributed by atoms with Gasteiger partial charge in [0.25, 0.3) is 0 Å². The van der Waals surface area contributed by atoms with E-state index in [1.54, 1.807) is 30.3 Å². The summed E-state index contributed by atoms with van der Waals surface area (Å²) in [5.74, 6) is -0.0651. The molecule has 1 atom stereocenters. The van der Waals surface area contributed by atoms with Crippen molar-refractivity contribution in [1.82, 2.24) is 0 Å². The van der Waals surface area contributed by atoms with Crippen LogP contribution in [0, 0.1) is 0 Å². The average molecular weight is 473 g/mol. The second-order valence-electron chi connectivity index (χ2n) is 8.57. The van der Waals surface area contributed by atoms with Gasteiger partial charge < -0.3 is 14.6 Å². The highest BCUT2D eigenvalue weighted by Crippen LogP contribution is 2.34. The summed E-state index contributed by atoms with van der Waals surface area (Å²) in [7, 11) is 0. The van der Waals surface area contributed by atoms with Crippen LogP contribution < -0.4 is 9.47 Å². The Labute approximate surface area is 197 Å². The fraction of sp³-hybridized carbons (Fsp3) is 0.296. The van der Waals surface area contributed by atoms with Crippen molar-refractivity contribution in [3.8, 4) is 11.5 Å². The molecule has 0 heterocycles. The number of aliphatic carboxylic acids is 1. The van der Waals surface area contributed by atoms with Gasteiger partial charge in [-0.1, -0.05) is 42.5 Å². The van der Waals surface area contributed by atoms with Gasteiger partial charge in [0.1, 0.15) is 18.1 Å². The summed E-state index contributed by atoms with van der Waals surface area (Å²) in [6.45, 7) is 5.26. The molecular weight excluding hydrogens is 445 g/mol. The van der Waals surface area contributed by atoms with E-state index >= 15 is 0 Å². The minimum Gasteiger partial charge on any atom is -0.490 e. The maximum atomic E-state index is 12.8. The molecule has 0 radical (unpaired) electrons. The Morgan fingerprint density at radius 3 is 2.21 bits per heavy atom. The Kier molecular flexibility index (Phi) is 7.54. The first kappa shape index (κ1) is 25.1. The predicted molar refractivity (Wildman–Crippen MR) is 125 cm³/mol. The standard InChI is InChI=1S/C27H27F3O4/c1-18(16-17-33-23-12-14-24(15-13-23)34-26(2,3)25(31)32)19-4-6-20(7-5-19)21-8-10-22(11-9-21)27(28,29)30/h4-8,10-16,21H,9,17H2,1-3H3,(H,31,32)/b18-16+. The summed E-state index contributed by atoms with van der Waals surface area (Å²) < 4.78 is 49.5. The molecule has 0 fully saturated rings. The van der Waals surface area contributed by atoms with Crippen LogP contribution in [0.4, 0.5) is 13.2 Å². The molecule has 7 heteroatoms. The van der Waals surface area contributed by atoms with Gasteiger partial charge in [-0.15, -0.1) is 0 Å². The van der Waals surface area contributed by atoms with Gasteiger partial charge in [0.15, 0.2) is 5.60 Å². The van der Waals surface area contributed by atoms with Crippen molar-refractivity contribution in [2.75, 3.05) is 6.61 Å². The topological polar surface area (TPSA) is 55.8 Å². The lowest BCUT2D eigenvalue weighted by Crippen LogP contribution is -2.37. The van der Waals surface area contributed by atoms with E-state index in [1.807, 2.05) is 37.3 Å². The normalized spacial score (nSPS) is 16.7. The van der Waals surface area contributed by atoms with E-state index in [-0.39, 0.29) is 5.92 Å². The van der Waals surface area contributed by atoms with E-state index in [1.165, 1.54) is 19.9 Å². The van der Waals surface area contributed by atoms with Gasteiger partial charge in [-0.05, 0) is 74.2 Å². The van der Waals surface area contributed by atoms with Gasteiger partial charge in [-0.25, -0.2) is 4.79 Å². The first-order valence-electron chi connectivity index (χ1n) is 10.8. The highest BCUT2D eigenvalue weighted by atomic mass is 19.4. The Hall–Kier alpha value is -3.48. The lowest BCUT2D eigenvalue weighted by atomic mass is 9.89. The van der Waals surface area contributed by atoms with Crippen LogP contribution in [0.15, 0.2) is 78.4 Å². The number of halogens is 3. The molecule has 1 N–H and O–H groups in total. The quantitative estimate of drug-likeness (QED) is 0.452. The van der Waals surface area contributed by atoms with E-state index in [4.69, 9.17) is 14.6 Å². The van der Waals surface area contributed by atoms with E-state index < -0.39 is 23.3 Å². The molecule has 0 spiro atoms. The van der Waals surface area contributed by atoms with Gasteiger partial charge in [-0.2, -0.15) is 13.2 Å². The van der Waals surface area contributed by atoms with E-state index in [9.17, 15) is 18.0 Å². The zero-order valence-electron chi connectivity index (χ0n) is 19.2. The minimum absolute atomic E-state index is 0.0687. The van der Waals surface area contributed by atoms with E-state index in [0.29, 0.717) is 24.5 Å². The number of carboxylic acids is 1. The number of alkyl halides is 3. The lowest BCUT2D eigenvalue weighted by Gasteiger charge is -2.21. The summed E-state index contributed by atoms with van der Waals surface area (Å²) in [5.41, 5.74) is 1.06. The van der Waals surface area contributed by atoms with Crippen molar-refractivity contribution in [1.29, 1.82) is 0 Å². The molecule has 0 saturated carbocycles. The molecule has 180 valence electrons. The third-order valence-electron chi connectivity index (χ3n) is 5.57. The molecule has 1 aliphatic rings. The number of benzene rings is 2. The fourth-order valence-electron chi connectivity index (χ4n) is 3.39. The van der Waals surface area contributed by atoms with Crippen LogP contribution in [-0.4, -0.2) is 29.5 Å². The second-order valence-corrected chi connectivity index (χ2v) is 8.57. The third-order valence-corrected chi connectivity index (χ3v) is 5.57. The van der Waals surface area contributed by atoms with Gasteiger partial charge >= 0.3 is 12.1 Å². The van der Waals surface area contributed by atoms with Crippen LogP contribution in [0.1, 0.15) is 44.2 Å². The molecule has 0 aromatic heterocycles. The Bertz CT molecular complexity index is 1090. The van der Waals surface area contributed by atoms with Crippen molar-refractivity contribution in [2.45, 2.75) is 44.9 Å². The van der Waals surface area contributed by atoms with Gasteiger partial charge in [0.2, 0.25) is 0 Å². The Morgan fingerprint density at radius 2 is 1.68 bits per heavy atom. The highest BCUT2D eigenvalue weighted by Gasteiger charge is 2.33. The van der Waals surface area contributed by atoms with Crippen molar-refractivity contribution < 1.29 is 32.5 Å². The van der Waals surface area contributed by atoms with Crippen molar-refractivity contribution in [2.24, 2.45) is 0 Å². The molecule has 4 nitrogen and oxygen atoms in total. The molecule has 0 bridgehead atoms. The third kappa shape index (κ3) is 6.53. The summed E-state index contributed by atoms with van der Waals surface area (Å²) in [6.07, 6.45) is 1.95. The fourth-order valence-corrected chi connectivity index (χ4v) is 3.39. The number of hydrogen-bond donors (Lipinski definition) is 1. The molecular formula is C27H27F3O4. The number of carboxylic acid groups (broad SMARTS) is 1. The Morgan fingerprint density at radius 1 is 1.06 bits per heavy atom. The zero-order valence-corrected chi connectivity index (χ0v) is 19.2. The highest BCUT2D eigenvalue weighted by molar-refractivity contribution is 5.76. The molecule has 0 amide bonds. The van der Waals surface area contributed by atoms with Crippen LogP contribution in [0.2, 0.25) is 0 Å². The maximum Gasteiger partial charge on any atom is 0.416 e. The maximum absolute atomic E-state index is 12.8. The smallest absolute Gasteiger partial charge is 0.416 e. The number of ether oxygens (including phenoxy) is 2. The van der Waals surface area contributed by atoms with E-state index in [0.717, 1.165) is 22.8 Å². The van der Waals surface area contributed by atoms with E-state index in [2.05, 4.69) is 0 Å². The van der Waals surface area contributed by atoms with Crippen LogP contribution in [0.25, 0.3) is 5.57 Å². The molecule has 0 saturated heterocycles. The first-order chi connectivity index (χ1) is 16.0. The van der Waals surface area contributed by atoms with Crippen LogP contribution in [0.3, 0.4) is 0 Å². The lowest BCUT2D eigenvalue weighted by molar-refractivity contribution is -0.152. The Balaban J connectivity index is 1.54. The number of carbonyl (C=O) groups is 1. The molecule has 1 unspecified atom stereocenters. The number of allylic oxidation sites excluding steroid dienone is 5. The summed E-state index contributed by atoms with van der Waals surface area (Å²) in [6, 6.07) is 14.5. The molecule has 2 aromatic rings. The van der Waals surface area contributed by atoms with Gasteiger partial charge in [0.05, 0.1) is 5.57 Å². The van der Waals surface area contributed by atoms with Crippen LogP contribution >= 0.6 is 0 Å². The van der Waals surface area contributed by atoms with Crippen molar-refractivity contribution in [3.63, 3.8) is 0 Å². The first-order valence-corrected chi connectivity index (χ1v) is 10.8. The number of rotatable bonds is 8. The van der Waals surface area contributed by atoms with Crippen molar-refractivity contribution in [3.05, 3.63) is 89.5 Å². The largest absolute Gasteiger partial charge is 0.490 e. The summed E-state index contributed by atoms with van der Waals surface area (Å²) in [4.78, 5) is 11.2. The molecule has 3 rings (SSSR count). The second kappa shape index (κ2) is 10.2. The minimum atomic E-state index is -4.30. The van der Waals surface area contributed by atoms with Crippen LogP contribution in [0.5, 0.6) is 11.5 Å². The van der Waals surface area contributed by atoms with Crippen LogP contribution in [-0.2, 0) is 4.79 Å². The van der Waals surface area contributed by atoms with Crippen molar-refractivity contribution >= 4 is 11.5 Å². The SMILES string of the molecule is C/C(=C\COc1ccc(OC(C)(C)C(=O)O)cc1)c1ccc(C2C=CC(C(F)(F)F)=CC2)cc1. The molecule has 2 aromatic carbocycles. The van der Waals surface area contributed by atoms with Gasteiger partial charge in [-0.3, -0.25) is 0 Å². The predicted octanol–water partition coefficient (Wildman–Crippen LogP) is 6.94. The molecule has 0 aliphatic heterocycles. The summed E-state index contributed by atoms with van der Waals surface area (Å²) in [5, 5.41) is 9.14. The monoisotopic (exact) mass is 472 g/mol. The summed E-state index contributed by atoms with van der Waals surface area (Å²) >= 11 is 0. The average Bonchev–Trinajstić information content (AvgIpc) is 2.79. The zero-order chi connectivity index (χ0) is 24.9. The molecule has 1 aliphatic carbocycles. The molecule has 34 heavy (non-hydrogen) atoms. The van der Waals surface area contributed by atoms with Gasteiger partial charge in [0, 0.05) is 5.92 Å². The number of hydrogen-bond acceptors (Lipinski definition) is 3.